The number of sulfonamides is 1. The van der Waals surface area contributed by atoms with E-state index in [-0.39, 0.29) is 29.1 Å². The van der Waals surface area contributed by atoms with Gasteiger partial charge < -0.3 is 15.0 Å². The van der Waals surface area contributed by atoms with Crippen molar-refractivity contribution in [3.05, 3.63) is 88.9 Å². The summed E-state index contributed by atoms with van der Waals surface area (Å²) in [6, 6.07) is 19.2. The molecule has 10 heteroatoms. The maximum absolute atomic E-state index is 14.1. The van der Waals surface area contributed by atoms with Gasteiger partial charge in [-0.1, -0.05) is 60.7 Å². The van der Waals surface area contributed by atoms with E-state index in [1.165, 1.54) is 17.0 Å². The van der Waals surface area contributed by atoms with Crippen molar-refractivity contribution in [3.8, 4) is 5.75 Å². The van der Waals surface area contributed by atoms with E-state index in [2.05, 4.69) is 5.32 Å². The van der Waals surface area contributed by atoms with E-state index < -0.39 is 28.5 Å². The molecule has 1 fully saturated rings. The van der Waals surface area contributed by atoms with E-state index in [9.17, 15) is 18.0 Å². The van der Waals surface area contributed by atoms with E-state index in [4.69, 9.17) is 16.3 Å². The standard InChI is InChI=1S/C32H38ClN3O5S/c1-23-9-19-30(20-10-23)42(39,40)36(28-15-13-26(33)14-16-28)22-31(37)35(21-25-11-17-29(41-3)18-12-25)24(2)32(38)34-27-7-5-4-6-8-27/h9-20,24,27H,4-8,21-22H2,1-3H3,(H,34,38)/t24-/m1/s1. The molecule has 4 rings (SSSR count). The molecule has 1 atom stereocenters. The van der Waals surface area contributed by atoms with Crippen molar-refractivity contribution >= 4 is 39.1 Å². The molecule has 1 N–H and O–H groups in total. The quantitative estimate of drug-likeness (QED) is 0.299. The minimum absolute atomic E-state index is 0.0562. The zero-order chi connectivity index (χ0) is 30.3. The van der Waals surface area contributed by atoms with E-state index in [0.717, 1.165) is 47.5 Å². The van der Waals surface area contributed by atoms with Crippen molar-refractivity contribution in [2.75, 3.05) is 18.0 Å². The summed E-state index contributed by atoms with van der Waals surface area (Å²) in [6.45, 7) is 3.16. The summed E-state index contributed by atoms with van der Waals surface area (Å²) in [4.78, 5) is 29.0. The normalized spacial score (nSPS) is 14.6. The summed E-state index contributed by atoms with van der Waals surface area (Å²) in [5.41, 5.74) is 1.98. The molecule has 42 heavy (non-hydrogen) atoms. The fourth-order valence-corrected chi connectivity index (χ4v) is 6.59. The maximum Gasteiger partial charge on any atom is 0.264 e. The molecular weight excluding hydrogens is 574 g/mol. The molecule has 1 saturated carbocycles. The highest BCUT2D eigenvalue weighted by atomic mass is 35.5. The van der Waals surface area contributed by atoms with Crippen LogP contribution < -0.4 is 14.4 Å². The first-order valence-corrected chi connectivity index (χ1v) is 16.0. The Balaban J connectivity index is 1.66. The van der Waals surface area contributed by atoms with Gasteiger partial charge in [-0.2, -0.15) is 0 Å². The fourth-order valence-electron chi connectivity index (χ4n) is 5.05. The fraction of sp³-hybridized carbons (Fsp3) is 0.375. The van der Waals surface area contributed by atoms with E-state index in [1.54, 1.807) is 62.6 Å². The lowest BCUT2D eigenvalue weighted by Gasteiger charge is -2.33. The number of aryl methyl sites for hydroxylation is 1. The molecule has 0 unspecified atom stereocenters. The summed E-state index contributed by atoms with van der Waals surface area (Å²) in [7, 11) is -2.57. The second-order valence-corrected chi connectivity index (χ2v) is 13.0. The van der Waals surface area contributed by atoms with Gasteiger partial charge in [-0.3, -0.25) is 13.9 Å². The molecule has 0 heterocycles. The van der Waals surface area contributed by atoms with Crippen LogP contribution in [0.15, 0.2) is 77.7 Å². The van der Waals surface area contributed by atoms with Crippen LogP contribution in [0.3, 0.4) is 0 Å². The topological polar surface area (TPSA) is 96.0 Å². The van der Waals surface area contributed by atoms with Crippen LogP contribution in [0.2, 0.25) is 5.02 Å². The molecule has 1 aliphatic carbocycles. The van der Waals surface area contributed by atoms with Gasteiger partial charge in [0, 0.05) is 17.6 Å². The molecule has 224 valence electrons. The molecule has 8 nitrogen and oxygen atoms in total. The second-order valence-electron chi connectivity index (χ2n) is 10.7. The Kier molecular flexibility index (Phi) is 10.5. The van der Waals surface area contributed by atoms with Crippen molar-refractivity contribution in [2.45, 2.75) is 69.5 Å². The van der Waals surface area contributed by atoms with E-state index >= 15 is 0 Å². The highest BCUT2D eigenvalue weighted by molar-refractivity contribution is 7.92. The van der Waals surface area contributed by atoms with E-state index in [0.29, 0.717) is 10.8 Å². The average molecular weight is 612 g/mol. The van der Waals surface area contributed by atoms with Crippen LogP contribution in [0.25, 0.3) is 0 Å². The van der Waals surface area contributed by atoms with Gasteiger partial charge in [-0.25, -0.2) is 8.42 Å². The Morgan fingerprint density at radius 3 is 2.17 bits per heavy atom. The number of rotatable bonds is 11. The first-order chi connectivity index (χ1) is 20.1. The summed E-state index contributed by atoms with van der Waals surface area (Å²) in [6.07, 6.45) is 5.08. The zero-order valence-corrected chi connectivity index (χ0v) is 25.8. The van der Waals surface area contributed by atoms with Crippen LogP contribution in [-0.2, 0) is 26.2 Å². The first kappa shape index (κ1) is 31.4. The van der Waals surface area contributed by atoms with Crippen molar-refractivity contribution < 1.29 is 22.7 Å². The van der Waals surface area contributed by atoms with Gasteiger partial charge in [0.25, 0.3) is 10.0 Å². The minimum atomic E-state index is -4.14. The van der Waals surface area contributed by atoms with Gasteiger partial charge in [-0.15, -0.1) is 0 Å². The zero-order valence-electron chi connectivity index (χ0n) is 24.3. The number of carbonyl (C=O) groups excluding carboxylic acids is 2. The molecule has 3 aromatic rings. The summed E-state index contributed by atoms with van der Waals surface area (Å²) >= 11 is 6.09. The number of ether oxygens (including phenoxy) is 1. The van der Waals surface area contributed by atoms with Gasteiger partial charge in [0.2, 0.25) is 11.8 Å². The molecule has 3 aromatic carbocycles. The van der Waals surface area contributed by atoms with Crippen molar-refractivity contribution in [1.29, 1.82) is 0 Å². The number of hydrogen-bond acceptors (Lipinski definition) is 5. The van der Waals surface area contributed by atoms with Gasteiger partial charge in [0.15, 0.2) is 0 Å². The molecule has 0 radical (unpaired) electrons. The maximum atomic E-state index is 14.1. The molecular formula is C32H38ClN3O5S. The third-order valence-corrected chi connectivity index (χ3v) is 9.67. The summed E-state index contributed by atoms with van der Waals surface area (Å²) < 4.78 is 34.2. The lowest BCUT2D eigenvalue weighted by molar-refractivity contribution is -0.139. The summed E-state index contributed by atoms with van der Waals surface area (Å²) in [5.74, 6) is -0.108. The number of nitrogens with zero attached hydrogens (tertiary/aromatic N) is 2. The van der Waals surface area contributed by atoms with Gasteiger partial charge in [0.1, 0.15) is 18.3 Å². The molecule has 0 spiro atoms. The monoisotopic (exact) mass is 611 g/mol. The van der Waals surface area contributed by atoms with Crippen LogP contribution in [0, 0.1) is 6.92 Å². The Hall–Kier alpha value is -3.56. The van der Waals surface area contributed by atoms with Crippen molar-refractivity contribution in [2.24, 2.45) is 0 Å². The first-order valence-electron chi connectivity index (χ1n) is 14.2. The number of methoxy groups -OCH3 is 1. The van der Waals surface area contributed by atoms with Gasteiger partial charge >= 0.3 is 0 Å². The second kappa shape index (κ2) is 14.1. The third kappa shape index (κ3) is 7.83. The van der Waals surface area contributed by atoms with Crippen molar-refractivity contribution in [3.63, 3.8) is 0 Å². The molecule has 1 aliphatic rings. The lowest BCUT2D eigenvalue weighted by atomic mass is 9.95. The number of amides is 2. The number of hydrogen-bond donors (Lipinski definition) is 1. The highest BCUT2D eigenvalue weighted by Crippen LogP contribution is 2.27. The van der Waals surface area contributed by atoms with Gasteiger partial charge in [-0.05, 0) is 80.8 Å². The molecule has 0 saturated heterocycles. The van der Waals surface area contributed by atoms with E-state index in [1.807, 2.05) is 19.1 Å². The van der Waals surface area contributed by atoms with Crippen LogP contribution in [-0.4, -0.2) is 50.9 Å². The Bertz CT molecular complexity index is 1460. The smallest absolute Gasteiger partial charge is 0.264 e. The van der Waals surface area contributed by atoms with Crippen LogP contribution in [0.1, 0.15) is 50.2 Å². The van der Waals surface area contributed by atoms with Crippen molar-refractivity contribution in [1.82, 2.24) is 10.2 Å². The molecule has 0 aliphatic heterocycles. The lowest BCUT2D eigenvalue weighted by Crippen LogP contribution is -2.53. The minimum Gasteiger partial charge on any atom is -0.497 e. The van der Waals surface area contributed by atoms with Gasteiger partial charge in [0.05, 0.1) is 17.7 Å². The largest absolute Gasteiger partial charge is 0.497 e. The Morgan fingerprint density at radius 1 is 0.952 bits per heavy atom. The number of benzene rings is 3. The van der Waals surface area contributed by atoms with Crippen LogP contribution in [0.4, 0.5) is 5.69 Å². The third-order valence-electron chi connectivity index (χ3n) is 7.63. The summed E-state index contributed by atoms with van der Waals surface area (Å²) in [5, 5.41) is 3.55. The van der Waals surface area contributed by atoms with Crippen LogP contribution >= 0.6 is 11.6 Å². The average Bonchev–Trinajstić information content (AvgIpc) is 2.99. The molecule has 0 bridgehead atoms. The predicted octanol–water partition coefficient (Wildman–Crippen LogP) is 5.72. The number of carbonyl (C=O) groups is 2. The number of halogens is 1. The molecule has 2 amide bonds. The highest BCUT2D eigenvalue weighted by Gasteiger charge is 2.33. The predicted molar refractivity (Wildman–Crippen MR) is 165 cm³/mol. The Morgan fingerprint density at radius 2 is 1.57 bits per heavy atom. The SMILES string of the molecule is COc1ccc(CN(C(=O)CN(c2ccc(Cl)cc2)S(=O)(=O)c2ccc(C)cc2)[C@H](C)C(=O)NC2CCCCC2)cc1. The number of nitrogens with one attached hydrogen (secondary N) is 1. The number of anilines is 1. The van der Waals surface area contributed by atoms with Crippen LogP contribution in [0.5, 0.6) is 5.75 Å². The Labute approximate surface area is 253 Å². The molecule has 0 aromatic heterocycles.